The van der Waals surface area contributed by atoms with Gasteiger partial charge in [0.1, 0.15) is 5.75 Å². The minimum absolute atomic E-state index is 0.0845. The molecule has 0 saturated carbocycles. The molecule has 13 heteroatoms. The fourth-order valence-corrected chi connectivity index (χ4v) is 7.75. The Morgan fingerprint density at radius 2 is 1.74 bits per heavy atom. The normalized spacial score (nSPS) is 23.7. The summed E-state index contributed by atoms with van der Waals surface area (Å²) < 4.78 is 117. The predicted octanol–water partition coefficient (Wildman–Crippen LogP) is 6.81. The van der Waals surface area contributed by atoms with Crippen LogP contribution in [0.4, 0.5) is 26.3 Å². The molecule has 3 aromatic rings. The zero-order valence-corrected chi connectivity index (χ0v) is 23.8. The highest BCUT2D eigenvalue weighted by molar-refractivity contribution is 7.89. The van der Waals surface area contributed by atoms with Crippen LogP contribution in [0.3, 0.4) is 0 Å². The number of nitrogens with one attached hydrogen (secondary N) is 1. The highest BCUT2D eigenvalue weighted by Crippen LogP contribution is 2.44. The van der Waals surface area contributed by atoms with Gasteiger partial charge in [-0.1, -0.05) is 13.3 Å². The number of methoxy groups -OCH3 is 1. The molecule has 3 fully saturated rings. The zero-order chi connectivity index (χ0) is 30.4. The smallest absolute Gasteiger partial charge is 0.416 e. The minimum atomic E-state index is -5.19. The molecule has 2 bridgehead atoms. The average molecular weight is 616 g/mol. The summed E-state index contributed by atoms with van der Waals surface area (Å²) in [5, 5.41) is 0.567. The second kappa shape index (κ2) is 11.3. The Labute approximate surface area is 240 Å². The van der Waals surface area contributed by atoms with Crippen molar-refractivity contribution >= 4 is 20.9 Å². The highest BCUT2D eigenvalue weighted by atomic mass is 32.2. The second-order valence-electron chi connectivity index (χ2n) is 11.0. The number of pyridine rings is 1. The maximum Gasteiger partial charge on any atom is 0.416 e. The summed E-state index contributed by atoms with van der Waals surface area (Å²) >= 11 is 0. The number of alkyl halides is 6. The number of hydrogen-bond donors (Lipinski definition) is 1. The monoisotopic (exact) mass is 615 g/mol. The molecule has 0 aliphatic carbocycles. The lowest BCUT2D eigenvalue weighted by Crippen LogP contribution is -2.57. The third-order valence-electron chi connectivity index (χ3n) is 8.45. The minimum Gasteiger partial charge on any atom is -0.497 e. The van der Waals surface area contributed by atoms with Gasteiger partial charge in [-0.15, -0.1) is 0 Å². The lowest BCUT2D eigenvalue weighted by Gasteiger charge is -2.52. The molecular formula is C29H31F6N3O3S. The number of fused-ring (bicyclic) bond motifs is 4. The Morgan fingerprint density at radius 3 is 2.31 bits per heavy atom. The lowest BCUT2D eigenvalue weighted by atomic mass is 9.71. The molecule has 4 unspecified atom stereocenters. The van der Waals surface area contributed by atoms with Crippen molar-refractivity contribution in [2.75, 3.05) is 20.2 Å². The van der Waals surface area contributed by atoms with Crippen molar-refractivity contribution in [1.82, 2.24) is 14.6 Å². The number of benzene rings is 2. The van der Waals surface area contributed by atoms with Crippen LogP contribution in [0.5, 0.6) is 5.75 Å². The van der Waals surface area contributed by atoms with Gasteiger partial charge in [-0.25, -0.2) is 13.1 Å². The number of hydrogen-bond acceptors (Lipinski definition) is 5. The highest BCUT2D eigenvalue weighted by Gasteiger charge is 2.45. The number of nitrogens with zero attached hydrogens (tertiary/aromatic N) is 2. The van der Waals surface area contributed by atoms with Crippen LogP contribution in [-0.2, 0) is 22.4 Å². The molecule has 0 radical (unpaired) electrons. The van der Waals surface area contributed by atoms with E-state index in [0.29, 0.717) is 47.0 Å². The first-order valence-corrected chi connectivity index (χ1v) is 15.2. The summed E-state index contributed by atoms with van der Waals surface area (Å²) in [6.07, 6.45) is -5.29. The maximum atomic E-state index is 13.7. The van der Waals surface area contributed by atoms with Crippen molar-refractivity contribution in [2.45, 2.75) is 61.9 Å². The summed E-state index contributed by atoms with van der Waals surface area (Å²) in [4.78, 5) is 5.45. The third kappa shape index (κ3) is 6.09. The Balaban J connectivity index is 1.63. The van der Waals surface area contributed by atoms with Crippen molar-refractivity contribution in [3.05, 3.63) is 65.4 Å². The Bertz CT molecular complexity index is 1530. The Morgan fingerprint density at radius 1 is 1.05 bits per heavy atom. The molecule has 3 aliphatic rings. The van der Waals surface area contributed by atoms with Crippen LogP contribution in [0.2, 0.25) is 0 Å². The van der Waals surface area contributed by atoms with Gasteiger partial charge in [-0.2, -0.15) is 26.3 Å². The van der Waals surface area contributed by atoms with E-state index in [1.807, 2.05) is 0 Å². The molecule has 3 aliphatic heterocycles. The topological polar surface area (TPSA) is 71.5 Å². The van der Waals surface area contributed by atoms with Crippen molar-refractivity contribution in [3.63, 3.8) is 0 Å². The van der Waals surface area contributed by atoms with E-state index < -0.39 is 44.4 Å². The molecule has 228 valence electrons. The second-order valence-corrected chi connectivity index (χ2v) is 12.7. The van der Waals surface area contributed by atoms with E-state index in [1.54, 1.807) is 24.3 Å². The molecule has 0 amide bonds. The van der Waals surface area contributed by atoms with E-state index in [9.17, 15) is 34.8 Å². The Hall–Kier alpha value is -2.90. The van der Waals surface area contributed by atoms with Crippen LogP contribution in [0.1, 0.15) is 55.3 Å². The van der Waals surface area contributed by atoms with E-state index >= 15 is 0 Å². The van der Waals surface area contributed by atoms with Gasteiger partial charge in [0, 0.05) is 24.2 Å². The van der Waals surface area contributed by atoms with Gasteiger partial charge in [-0.3, -0.25) is 9.88 Å². The van der Waals surface area contributed by atoms with Crippen molar-refractivity contribution in [3.8, 4) is 5.75 Å². The SMILES string of the molecule is CCCC1CN2CCC1CC2[C@@H](NS(=O)(=O)c1cc(C(F)(F)F)cc(C(F)(F)F)c1)c1ccnc2ccc(OC)cc12. The van der Waals surface area contributed by atoms with Gasteiger partial charge in [0.15, 0.2) is 0 Å². The first-order chi connectivity index (χ1) is 19.7. The molecule has 3 saturated heterocycles. The average Bonchev–Trinajstić information content (AvgIpc) is 2.95. The fourth-order valence-electron chi connectivity index (χ4n) is 6.44. The molecule has 5 atom stereocenters. The van der Waals surface area contributed by atoms with E-state index in [-0.39, 0.29) is 24.2 Å². The lowest BCUT2D eigenvalue weighted by molar-refractivity contribution is -0.143. The number of ether oxygens (including phenoxy) is 1. The zero-order valence-electron chi connectivity index (χ0n) is 23.0. The van der Waals surface area contributed by atoms with E-state index in [4.69, 9.17) is 4.74 Å². The van der Waals surface area contributed by atoms with Crippen LogP contribution < -0.4 is 9.46 Å². The van der Waals surface area contributed by atoms with Gasteiger partial charge in [0.25, 0.3) is 0 Å². The van der Waals surface area contributed by atoms with Crippen LogP contribution in [0.25, 0.3) is 10.9 Å². The van der Waals surface area contributed by atoms with Crippen LogP contribution in [-0.4, -0.2) is 44.5 Å². The standard InChI is InChI=1S/C29H31F6N3O3S/c1-3-4-18-16-38-10-8-17(18)11-26(38)27(23-7-9-36-25-6-5-21(41-2)15-24(23)25)37-42(39,40)22-13-19(28(30,31)32)12-20(14-22)29(33,34)35/h5-7,9,12-15,17-18,26-27,37H,3-4,8,10-11,16H2,1-2H3/t17?,18?,26?,27-/m0/s1. The third-order valence-corrected chi connectivity index (χ3v) is 9.87. The number of piperidine rings is 3. The summed E-state index contributed by atoms with van der Waals surface area (Å²) in [6, 6.07) is 5.77. The van der Waals surface area contributed by atoms with Crippen LogP contribution in [0.15, 0.2) is 53.6 Å². The van der Waals surface area contributed by atoms with Gasteiger partial charge in [0.2, 0.25) is 10.0 Å². The van der Waals surface area contributed by atoms with Crippen LogP contribution >= 0.6 is 0 Å². The number of aromatic nitrogens is 1. The van der Waals surface area contributed by atoms with Crippen molar-refractivity contribution in [1.29, 1.82) is 0 Å². The molecular weight excluding hydrogens is 584 g/mol. The van der Waals surface area contributed by atoms with E-state index in [1.165, 1.54) is 13.3 Å². The van der Waals surface area contributed by atoms with E-state index in [0.717, 1.165) is 25.8 Å². The van der Waals surface area contributed by atoms with Gasteiger partial charge >= 0.3 is 12.4 Å². The molecule has 42 heavy (non-hydrogen) atoms. The number of halogens is 6. The molecule has 6 rings (SSSR count). The molecule has 0 spiro atoms. The fraction of sp³-hybridized carbons (Fsp3) is 0.483. The largest absolute Gasteiger partial charge is 0.497 e. The van der Waals surface area contributed by atoms with Crippen molar-refractivity contribution in [2.24, 2.45) is 11.8 Å². The molecule has 1 aromatic heterocycles. The quantitative estimate of drug-likeness (QED) is 0.282. The molecule has 6 nitrogen and oxygen atoms in total. The van der Waals surface area contributed by atoms with Crippen molar-refractivity contribution < 1.29 is 39.5 Å². The summed E-state index contributed by atoms with van der Waals surface area (Å²) in [6.45, 7) is 3.55. The Kier molecular flexibility index (Phi) is 8.23. The number of sulfonamides is 1. The van der Waals surface area contributed by atoms with Gasteiger partial charge in [0.05, 0.1) is 34.7 Å². The summed E-state index contributed by atoms with van der Waals surface area (Å²) in [7, 11) is -3.40. The van der Waals surface area contributed by atoms with Crippen LogP contribution in [0, 0.1) is 11.8 Å². The summed E-state index contributed by atoms with van der Waals surface area (Å²) in [5.41, 5.74) is -2.35. The van der Waals surface area contributed by atoms with E-state index in [2.05, 4.69) is 21.5 Å². The first kappa shape index (κ1) is 30.6. The first-order valence-electron chi connectivity index (χ1n) is 13.7. The maximum absolute atomic E-state index is 13.7. The molecule has 2 aromatic carbocycles. The molecule has 1 N–H and O–H groups in total. The number of rotatable bonds is 8. The van der Waals surface area contributed by atoms with Gasteiger partial charge in [-0.05, 0) is 85.7 Å². The van der Waals surface area contributed by atoms with Gasteiger partial charge < -0.3 is 4.74 Å². The molecule has 4 heterocycles. The summed E-state index contributed by atoms with van der Waals surface area (Å²) in [5.74, 6) is 1.24. The predicted molar refractivity (Wildman–Crippen MR) is 144 cm³/mol.